The van der Waals surface area contributed by atoms with E-state index < -0.39 is 59.4 Å². The lowest BCUT2D eigenvalue weighted by Crippen LogP contribution is -2.60. The van der Waals surface area contributed by atoms with Crippen molar-refractivity contribution in [1.82, 2.24) is 20.7 Å². The average Bonchev–Trinajstić information content (AvgIpc) is 3.24. The molecule has 2 atom stereocenters. The number of fused-ring (bicyclic) bond motifs is 2. The van der Waals surface area contributed by atoms with Gasteiger partial charge in [-0.3, -0.25) is 49.4 Å². The van der Waals surface area contributed by atoms with Gasteiger partial charge in [-0.15, -0.1) is 0 Å². The summed E-state index contributed by atoms with van der Waals surface area (Å²) < 4.78 is 0. The van der Waals surface area contributed by atoms with Crippen molar-refractivity contribution in [3.63, 3.8) is 0 Å². The van der Waals surface area contributed by atoms with E-state index in [-0.39, 0.29) is 22.3 Å². The van der Waals surface area contributed by atoms with E-state index in [0.717, 1.165) is 9.80 Å². The van der Waals surface area contributed by atoms with Crippen molar-refractivity contribution in [2.24, 2.45) is 11.8 Å². The molecule has 6 amide bonds. The number of imide groups is 2. The van der Waals surface area contributed by atoms with Gasteiger partial charge in [0.1, 0.15) is 12.1 Å². The van der Waals surface area contributed by atoms with Crippen molar-refractivity contribution in [2.45, 2.75) is 39.8 Å². The maximum absolute atomic E-state index is 13.1. The van der Waals surface area contributed by atoms with E-state index in [1.54, 1.807) is 52.0 Å². The molecule has 10 nitrogen and oxygen atoms in total. The molecule has 0 aliphatic carbocycles. The summed E-state index contributed by atoms with van der Waals surface area (Å²) >= 11 is 0. The van der Waals surface area contributed by atoms with Crippen molar-refractivity contribution in [1.29, 1.82) is 0 Å². The van der Waals surface area contributed by atoms with E-state index in [1.807, 2.05) is 0 Å². The first-order chi connectivity index (χ1) is 17.1. The van der Waals surface area contributed by atoms with E-state index in [9.17, 15) is 28.8 Å². The molecular weight excluding hydrogens is 464 g/mol. The molecule has 0 bridgehead atoms. The Labute approximate surface area is 207 Å². The van der Waals surface area contributed by atoms with E-state index >= 15 is 0 Å². The average molecular weight is 491 g/mol. The van der Waals surface area contributed by atoms with E-state index in [1.165, 1.54) is 24.3 Å². The van der Waals surface area contributed by atoms with Crippen LogP contribution in [0.25, 0.3) is 0 Å². The minimum atomic E-state index is -1.20. The summed E-state index contributed by atoms with van der Waals surface area (Å²) in [7, 11) is 0. The summed E-state index contributed by atoms with van der Waals surface area (Å²) in [5, 5.41) is 0. The number of carbonyl (C=O) groups excluding carboxylic acids is 6. The molecule has 0 spiro atoms. The fourth-order valence-electron chi connectivity index (χ4n) is 4.63. The Morgan fingerprint density at radius 1 is 0.556 bits per heavy atom. The molecule has 0 fully saturated rings. The number of nitrogens with zero attached hydrogens (tertiary/aromatic N) is 2. The quantitative estimate of drug-likeness (QED) is 0.469. The molecule has 10 heteroatoms. The lowest BCUT2D eigenvalue weighted by atomic mass is 10.0. The molecule has 2 heterocycles. The topological polar surface area (TPSA) is 133 Å². The molecule has 2 aromatic rings. The number of amides is 6. The van der Waals surface area contributed by atoms with Crippen LogP contribution in [0, 0.1) is 11.8 Å². The molecule has 186 valence electrons. The molecule has 36 heavy (non-hydrogen) atoms. The van der Waals surface area contributed by atoms with Crippen LogP contribution in [0.4, 0.5) is 0 Å². The molecule has 2 unspecified atom stereocenters. The fourth-order valence-corrected chi connectivity index (χ4v) is 4.63. The summed E-state index contributed by atoms with van der Waals surface area (Å²) in [6.45, 7) is 6.69. The summed E-state index contributed by atoms with van der Waals surface area (Å²) in [6, 6.07) is 10.2. The van der Waals surface area contributed by atoms with Gasteiger partial charge in [0, 0.05) is 0 Å². The predicted molar refractivity (Wildman–Crippen MR) is 127 cm³/mol. The summed E-state index contributed by atoms with van der Waals surface area (Å²) in [6.07, 6.45) is 0. The van der Waals surface area contributed by atoms with Gasteiger partial charge in [0.25, 0.3) is 35.4 Å². The maximum atomic E-state index is 13.1. The highest BCUT2D eigenvalue weighted by Crippen LogP contribution is 2.28. The van der Waals surface area contributed by atoms with Gasteiger partial charge in [0.15, 0.2) is 0 Å². The van der Waals surface area contributed by atoms with Crippen LogP contribution < -0.4 is 10.9 Å². The van der Waals surface area contributed by atoms with Crippen LogP contribution in [-0.4, -0.2) is 57.3 Å². The van der Waals surface area contributed by atoms with Gasteiger partial charge in [0.05, 0.1) is 22.3 Å². The van der Waals surface area contributed by atoms with Crippen LogP contribution in [0.15, 0.2) is 48.5 Å². The Morgan fingerprint density at radius 3 is 1.03 bits per heavy atom. The normalized spacial score (nSPS) is 16.4. The van der Waals surface area contributed by atoms with E-state index in [4.69, 9.17) is 0 Å². The molecule has 2 aromatic carbocycles. The summed E-state index contributed by atoms with van der Waals surface area (Å²) in [4.78, 5) is 79.6. The highest BCUT2D eigenvalue weighted by molar-refractivity contribution is 6.23. The van der Waals surface area contributed by atoms with Crippen LogP contribution in [0.5, 0.6) is 0 Å². The number of nitrogens with one attached hydrogen (secondary N) is 2. The second kappa shape index (κ2) is 9.37. The Kier molecular flexibility index (Phi) is 6.45. The molecule has 0 radical (unpaired) electrons. The Bertz CT molecular complexity index is 1130. The van der Waals surface area contributed by atoms with Gasteiger partial charge in [-0.1, -0.05) is 52.0 Å². The number of rotatable bonds is 6. The van der Waals surface area contributed by atoms with Crippen LogP contribution in [0.2, 0.25) is 0 Å². The zero-order valence-electron chi connectivity index (χ0n) is 20.3. The third-order valence-corrected chi connectivity index (χ3v) is 6.32. The second-order valence-corrected chi connectivity index (χ2v) is 9.41. The van der Waals surface area contributed by atoms with Gasteiger partial charge in [-0.25, -0.2) is 0 Å². The SMILES string of the molecule is CC(C)C(C(=O)NNC(=O)C(C(C)C)N1C(=O)c2ccccc2C1=O)N1C(=O)c2ccccc2C1=O. The molecule has 2 aliphatic heterocycles. The van der Waals surface area contributed by atoms with Crippen molar-refractivity contribution in [3.8, 4) is 0 Å². The molecule has 4 rings (SSSR count). The van der Waals surface area contributed by atoms with Crippen LogP contribution in [0.3, 0.4) is 0 Å². The highest BCUT2D eigenvalue weighted by Gasteiger charge is 2.46. The second-order valence-electron chi connectivity index (χ2n) is 9.41. The van der Waals surface area contributed by atoms with Crippen molar-refractivity contribution >= 4 is 35.4 Å². The standard InChI is InChI=1S/C26H26N4O6/c1-13(2)19(29-23(33)15-9-5-6-10-16(15)24(29)34)21(31)27-28-22(32)20(14(3)4)30-25(35)17-11-7-8-12-18(17)26(30)36/h5-14,19-20H,1-4H3,(H,27,31)(H,28,32). The zero-order chi connectivity index (χ0) is 26.3. The van der Waals surface area contributed by atoms with Crippen LogP contribution >= 0.6 is 0 Å². The minimum absolute atomic E-state index is 0.204. The fraction of sp³-hybridized carbons (Fsp3) is 0.308. The lowest BCUT2D eigenvalue weighted by molar-refractivity contribution is -0.134. The first-order valence-corrected chi connectivity index (χ1v) is 11.6. The molecule has 0 aromatic heterocycles. The van der Waals surface area contributed by atoms with Gasteiger partial charge < -0.3 is 0 Å². The number of hydrazine groups is 1. The van der Waals surface area contributed by atoms with Crippen LogP contribution in [0.1, 0.15) is 69.1 Å². The van der Waals surface area contributed by atoms with Gasteiger partial charge >= 0.3 is 0 Å². The minimum Gasteiger partial charge on any atom is -0.271 e. The van der Waals surface area contributed by atoms with E-state index in [2.05, 4.69) is 10.9 Å². The Hall–Kier alpha value is -4.34. The third kappa shape index (κ3) is 3.94. The third-order valence-electron chi connectivity index (χ3n) is 6.32. The van der Waals surface area contributed by atoms with Gasteiger partial charge in [-0.2, -0.15) is 0 Å². The number of hydrogen-bond acceptors (Lipinski definition) is 6. The first-order valence-electron chi connectivity index (χ1n) is 11.6. The zero-order valence-corrected chi connectivity index (χ0v) is 20.3. The Balaban J connectivity index is 1.51. The largest absolute Gasteiger partial charge is 0.271 e. The molecule has 0 saturated heterocycles. The van der Waals surface area contributed by atoms with Gasteiger partial charge in [0.2, 0.25) is 0 Å². The van der Waals surface area contributed by atoms with Crippen molar-refractivity contribution < 1.29 is 28.8 Å². The summed E-state index contributed by atoms with van der Waals surface area (Å²) in [5.74, 6) is -4.88. The first kappa shape index (κ1) is 24.8. The predicted octanol–water partition coefficient (Wildman–Crippen LogP) is 1.78. The van der Waals surface area contributed by atoms with Crippen LogP contribution in [-0.2, 0) is 9.59 Å². The highest BCUT2D eigenvalue weighted by atomic mass is 16.2. The smallest absolute Gasteiger partial charge is 0.262 e. The molecule has 2 N–H and O–H groups in total. The number of hydrogen-bond donors (Lipinski definition) is 2. The number of carbonyl (C=O) groups is 6. The maximum Gasteiger partial charge on any atom is 0.262 e. The van der Waals surface area contributed by atoms with Gasteiger partial charge in [-0.05, 0) is 36.1 Å². The monoisotopic (exact) mass is 490 g/mol. The molecule has 0 saturated carbocycles. The molecule has 2 aliphatic rings. The van der Waals surface area contributed by atoms with E-state index in [0.29, 0.717) is 0 Å². The lowest BCUT2D eigenvalue weighted by Gasteiger charge is -2.30. The van der Waals surface area contributed by atoms with Crippen molar-refractivity contribution in [3.05, 3.63) is 70.8 Å². The summed E-state index contributed by atoms with van der Waals surface area (Å²) in [5.41, 5.74) is 5.39. The Morgan fingerprint density at radius 2 is 0.806 bits per heavy atom. The van der Waals surface area contributed by atoms with Crippen molar-refractivity contribution in [2.75, 3.05) is 0 Å². The number of benzene rings is 2. The molecular formula is C26H26N4O6.